The Hall–Kier alpha value is -2.37. The minimum absolute atomic E-state index is 0.587. The molecule has 0 aliphatic carbocycles. The highest BCUT2D eigenvalue weighted by molar-refractivity contribution is 5.76. The van der Waals surface area contributed by atoms with Gasteiger partial charge in [0.1, 0.15) is 12.9 Å². The van der Waals surface area contributed by atoms with E-state index in [1.807, 2.05) is 0 Å². The summed E-state index contributed by atoms with van der Waals surface area (Å²) in [5.74, 6) is 1.28. The van der Waals surface area contributed by atoms with Gasteiger partial charge in [-0.2, -0.15) is 0 Å². The van der Waals surface area contributed by atoms with E-state index in [2.05, 4.69) is 40.1 Å². The van der Waals surface area contributed by atoms with Gasteiger partial charge in [0, 0.05) is 44.8 Å². The van der Waals surface area contributed by atoms with Crippen LogP contribution in [0.15, 0.2) is 48.5 Å². The lowest BCUT2D eigenvalue weighted by molar-refractivity contribution is 0.111. The number of benzene rings is 2. The molecule has 26 heavy (non-hydrogen) atoms. The molecule has 138 valence electrons. The van der Waals surface area contributed by atoms with Gasteiger partial charge >= 0.3 is 0 Å². The quantitative estimate of drug-likeness (QED) is 0.682. The molecule has 1 aliphatic heterocycles. The second-order valence-corrected chi connectivity index (χ2v) is 6.48. The van der Waals surface area contributed by atoms with Crippen molar-refractivity contribution in [1.29, 1.82) is 0 Å². The van der Waals surface area contributed by atoms with Crippen LogP contribution in [0.3, 0.4) is 0 Å². The Morgan fingerprint density at radius 3 is 2.38 bits per heavy atom. The molecule has 1 fully saturated rings. The molecule has 5 heteroatoms. The smallest absolute Gasteiger partial charge is 0.161 e. The van der Waals surface area contributed by atoms with Crippen LogP contribution < -0.4 is 9.47 Å². The third-order valence-electron chi connectivity index (χ3n) is 4.70. The topological polar surface area (TPSA) is 42.0 Å². The van der Waals surface area contributed by atoms with Gasteiger partial charge in [0.2, 0.25) is 0 Å². The first-order valence-corrected chi connectivity index (χ1v) is 9.03. The first kappa shape index (κ1) is 18.4. The molecule has 0 spiro atoms. The second-order valence-electron chi connectivity index (χ2n) is 6.48. The summed E-state index contributed by atoms with van der Waals surface area (Å²) in [5, 5.41) is 0. The molecule has 2 aromatic carbocycles. The maximum absolute atomic E-state index is 10.8. The summed E-state index contributed by atoms with van der Waals surface area (Å²) < 4.78 is 11.2. The first-order chi connectivity index (χ1) is 12.8. The first-order valence-electron chi connectivity index (χ1n) is 9.03. The van der Waals surface area contributed by atoms with Crippen LogP contribution in [0.25, 0.3) is 0 Å². The Labute approximate surface area is 155 Å². The van der Waals surface area contributed by atoms with Crippen LogP contribution >= 0.6 is 0 Å². The maximum Gasteiger partial charge on any atom is 0.161 e. The molecule has 1 saturated heterocycles. The average molecular weight is 354 g/mol. The Bertz CT molecular complexity index is 698. The molecular weight excluding hydrogens is 328 g/mol. The van der Waals surface area contributed by atoms with Crippen molar-refractivity contribution in [2.24, 2.45) is 0 Å². The lowest BCUT2D eigenvalue weighted by Gasteiger charge is -2.34. The van der Waals surface area contributed by atoms with Crippen LogP contribution in [-0.2, 0) is 6.54 Å². The SMILES string of the molecule is COc1cc(C=O)ccc1OCCN1CCN(Cc2ccccc2)CC1. The highest BCUT2D eigenvalue weighted by atomic mass is 16.5. The third-order valence-corrected chi connectivity index (χ3v) is 4.70. The summed E-state index contributed by atoms with van der Waals surface area (Å²) >= 11 is 0. The second kappa shape index (κ2) is 9.36. The van der Waals surface area contributed by atoms with Crippen molar-refractivity contribution >= 4 is 6.29 Å². The van der Waals surface area contributed by atoms with Crippen molar-refractivity contribution in [3.63, 3.8) is 0 Å². The standard InChI is InChI=1S/C21H26N2O3/c1-25-21-15-19(17-24)7-8-20(21)26-14-13-22-9-11-23(12-10-22)16-18-5-3-2-4-6-18/h2-8,15,17H,9-14,16H2,1H3. The van der Waals surface area contributed by atoms with Crippen LogP contribution in [0.1, 0.15) is 15.9 Å². The van der Waals surface area contributed by atoms with Gasteiger partial charge < -0.3 is 9.47 Å². The highest BCUT2D eigenvalue weighted by Crippen LogP contribution is 2.27. The molecule has 0 atom stereocenters. The minimum Gasteiger partial charge on any atom is -0.493 e. The van der Waals surface area contributed by atoms with Crippen molar-refractivity contribution in [2.75, 3.05) is 46.4 Å². The number of carbonyl (C=O) groups excluding carboxylic acids is 1. The molecule has 3 rings (SSSR count). The predicted molar refractivity (Wildman–Crippen MR) is 102 cm³/mol. The van der Waals surface area contributed by atoms with Gasteiger partial charge in [-0.15, -0.1) is 0 Å². The van der Waals surface area contributed by atoms with Gasteiger partial charge in [0.05, 0.1) is 7.11 Å². The Kier molecular flexibility index (Phi) is 6.63. The molecule has 0 bridgehead atoms. The molecule has 1 aliphatic rings. The number of methoxy groups -OCH3 is 1. The van der Waals surface area contributed by atoms with Gasteiger partial charge in [0.25, 0.3) is 0 Å². The summed E-state index contributed by atoms with van der Waals surface area (Å²) in [6, 6.07) is 15.9. The molecule has 0 N–H and O–H groups in total. The number of hydrogen-bond donors (Lipinski definition) is 0. The molecule has 2 aromatic rings. The van der Waals surface area contributed by atoms with E-state index >= 15 is 0 Å². The maximum atomic E-state index is 10.8. The molecule has 0 aromatic heterocycles. The van der Waals surface area contributed by atoms with E-state index in [9.17, 15) is 4.79 Å². The third kappa shape index (κ3) is 5.07. The highest BCUT2D eigenvalue weighted by Gasteiger charge is 2.17. The lowest BCUT2D eigenvalue weighted by Crippen LogP contribution is -2.47. The van der Waals surface area contributed by atoms with Crippen LogP contribution in [0.5, 0.6) is 11.5 Å². The number of hydrogen-bond acceptors (Lipinski definition) is 5. The van der Waals surface area contributed by atoms with Crippen LogP contribution in [0.2, 0.25) is 0 Å². The van der Waals surface area contributed by atoms with E-state index in [0.717, 1.165) is 45.6 Å². The number of carbonyl (C=O) groups is 1. The Morgan fingerprint density at radius 2 is 1.69 bits per heavy atom. The average Bonchev–Trinajstić information content (AvgIpc) is 2.70. The van der Waals surface area contributed by atoms with E-state index in [-0.39, 0.29) is 0 Å². The Balaban J connectivity index is 1.41. The fraction of sp³-hybridized carbons (Fsp3) is 0.381. The number of aldehydes is 1. The lowest BCUT2D eigenvalue weighted by atomic mass is 10.2. The Morgan fingerprint density at radius 1 is 0.962 bits per heavy atom. The van der Waals surface area contributed by atoms with Gasteiger partial charge in [-0.3, -0.25) is 14.6 Å². The predicted octanol–water partition coefficient (Wildman–Crippen LogP) is 2.70. The number of ether oxygens (including phenoxy) is 2. The van der Waals surface area contributed by atoms with E-state index in [0.29, 0.717) is 23.7 Å². The zero-order chi connectivity index (χ0) is 18.2. The largest absolute Gasteiger partial charge is 0.493 e. The number of rotatable bonds is 8. The van der Waals surface area contributed by atoms with Gasteiger partial charge in [-0.05, 0) is 23.8 Å². The fourth-order valence-electron chi connectivity index (χ4n) is 3.17. The summed E-state index contributed by atoms with van der Waals surface area (Å²) in [7, 11) is 1.59. The number of piperazine rings is 1. The molecular formula is C21H26N2O3. The summed E-state index contributed by atoms with van der Waals surface area (Å²) in [6.45, 7) is 6.77. The van der Waals surface area contributed by atoms with E-state index in [4.69, 9.17) is 9.47 Å². The molecule has 0 radical (unpaired) electrons. The molecule has 0 amide bonds. The van der Waals surface area contributed by atoms with E-state index in [1.54, 1.807) is 25.3 Å². The summed E-state index contributed by atoms with van der Waals surface area (Å²) in [6.07, 6.45) is 0.807. The molecule has 0 saturated carbocycles. The normalized spacial score (nSPS) is 15.6. The van der Waals surface area contributed by atoms with E-state index < -0.39 is 0 Å². The van der Waals surface area contributed by atoms with Crippen molar-refractivity contribution in [1.82, 2.24) is 9.80 Å². The number of nitrogens with zero attached hydrogens (tertiary/aromatic N) is 2. The fourth-order valence-corrected chi connectivity index (χ4v) is 3.17. The van der Waals surface area contributed by atoms with Crippen molar-refractivity contribution in [3.05, 3.63) is 59.7 Å². The van der Waals surface area contributed by atoms with Crippen LogP contribution in [0.4, 0.5) is 0 Å². The zero-order valence-corrected chi connectivity index (χ0v) is 15.3. The van der Waals surface area contributed by atoms with Crippen LogP contribution in [0, 0.1) is 0 Å². The molecule has 0 unspecified atom stereocenters. The van der Waals surface area contributed by atoms with Gasteiger partial charge in [0.15, 0.2) is 11.5 Å². The van der Waals surface area contributed by atoms with Crippen molar-refractivity contribution in [2.45, 2.75) is 6.54 Å². The van der Waals surface area contributed by atoms with Crippen molar-refractivity contribution < 1.29 is 14.3 Å². The van der Waals surface area contributed by atoms with Crippen LogP contribution in [-0.4, -0.2) is 62.5 Å². The molecule has 1 heterocycles. The minimum atomic E-state index is 0.587. The monoisotopic (exact) mass is 354 g/mol. The van der Waals surface area contributed by atoms with E-state index in [1.165, 1.54) is 5.56 Å². The van der Waals surface area contributed by atoms with Crippen molar-refractivity contribution in [3.8, 4) is 11.5 Å². The zero-order valence-electron chi connectivity index (χ0n) is 15.3. The summed E-state index contributed by atoms with van der Waals surface area (Å²) in [5.41, 5.74) is 1.96. The van der Waals surface area contributed by atoms with Gasteiger partial charge in [-0.1, -0.05) is 30.3 Å². The van der Waals surface area contributed by atoms with Gasteiger partial charge in [-0.25, -0.2) is 0 Å². The summed E-state index contributed by atoms with van der Waals surface area (Å²) in [4.78, 5) is 15.8. The molecule has 5 nitrogen and oxygen atoms in total.